The Bertz CT molecular complexity index is 545. The molecule has 3 aliphatic heterocycles. The third-order valence-corrected chi connectivity index (χ3v) is 8.05. The normalized spacial score (nSPS) is 36.4. The number of hydrogen-bond acceptors (Lipinski definition) is 5. The first kappa shape index (κ1) is 17.2. The minimum atomic E-state index is -3.10. The summed E-state index contributed by atoms with van der Waals surface area (Å²) in [6.45, 7) is 5.61. The lowest BCUT2D eigenvalue weighted by Gasteiger charge is -2.38. The second-order valence-corrected chi connectivity index (χ2v) is 10.1. The maximum Gasteiger partial charge on any atom is 0.214 e. The smallest absolute Gasteiger partial charge is 0.214 e. The monoisotopic (exact) mass is 358 g/mol. The van der Waals surface area contributed by atoms with Crippen LogP contribution in [-0.2, 0) is 19.5 Å². The van der Waals surface area contributed by atoms with E-state index in [1.54, 1.807) is 0 Å². The molecule has 1 spiro atoms. The molecule has 0 aromatic heterocycles. The summed E-state index contributed by atoms with van der Waals surface area (Å²) in [7, 11) is -3.10. The molecule has 0 amide bonds. The highest BCUT2D eigenvalue weighted by atomic mass is 32.2. The Morgan fingerprint density at radius 1 is 1.08 bits per heavy atom. The number of ether oxygens (including phenoxy) is 2. The van der Waals surface area contributed by atoms with Crippen LogP contribution in [0.15, 0.2) is 0 Å². The van der Waals surface area contributed by atoms with E-state index in [4.69, 9.17) is 9.47 Å². The van der Waals surface area contributed by atoms with Crippen LogP contribution in [0.2, 0.25) is 0 Å². The molecule has 1 N–H and O–H groups in total. The predicted octanol–water partition coefficient (Wildman–Crippen LogP) is 1.12. The van der Waals surface area contributed by atoms with Gasteiger partial charge in [-0.05, 0) is 50.9 Å². The van der Waals surface area contributed by atoms with Crippen LogP contribution in [0.5, 0.6) is 0 Å². The van der Waals surface area contributed by atoms with Crippen molar-refractivity contribution >= 4 is 10.0 Å². The van der Waals surface area contributed by atoms with Gasteiger partial charge in [-0.25, -0.2) is 13.1 Å². The Morgan fingerprint density at radius 3 is 2.62 bits per heavy atom. The Morgan fingerprint density at radius 2 is 1.88 bits per heavy atom. The standard InChI is InChI=1S/C17H30N2O4S/c20-24(21,16-1-2-16)18-15-5-10-23-17(11-15)6-7-19(13-17)12-14-3-8-22-9-4-14/h14-16,18H,1-13H2/t15-,17+/m0/s1. The molecule has 1 saturated carbocycles. The number of rotatable bonds is 5. The highest BCUT2D eigenvalue weighted by Gasteiger charge is 2.45. The number of likely N-dealkylation sites (tertiary alicyclic amines) is 1. The third kappa shape index (κ3) is 3.96. The lowest BCUT2D eigenvalue weighted by Crippen LogP contribution is -2.50. The lowest BCUT2D eigenvalue weighted by molar-refractivity contribution is -0.0785. The fourth-order valence-corrected chi connectivity index (χ4v) is 6.11. The van der Waals surface area contributed by atoms with Crippen LogP contribution < -0.4 is 4.72 Å². The maximum absolute atomic E-state index is 12.2. The van der Waals surface area contributed by atoms with E-state index in [1.165, 1.54) is 0 Å². The van der Waals surface area contributed by atoms with Gasteiger partial charge in [0, 0.05) is 45.5 Å². The molecule has 2 atom stereocenters. The second-order valence-electron chi connectivity index (χ2n) is 8.12. The minimum Gasteiger partial charge on any atom is -0.381 e. The van der Waals surface area contributed by atoms with E-state index in [9.17, 15) is 8.42 Å². The van der Waals surface area contributed by atoms with E-state index in [0.29, 0.717) is 6.61 Å². The zero-order valence-electron chi connectivity index (χ0n) is 14.4. The average molecular weight is 359 g/mol. The highest BCUT2D eigenvalue weighted by molar-refractivity contribution is 7.90. The fourth-order valence-electron chi connectivity index (χ4n) is 4.50. The maximum atomic E-state index is 12.2. The summed E-state index contributed by atoms with van der Waals surface area (Å²) < 4.78 is 39.0. The van der Waals surface area contributed by atoms with Crippen molar-refractivity contribution in [2.24, 2.45) is 5.92 Å². The zero-order valence-corrected chi connectivity index (χ0v) is 15.2. The number of nitrogens with one attached hydrogen (secondary N) is 1. The van der Waals surface area contributed by atoms with Crippen LogP contribution in [0.25, 0.3) is 0 Å². The van der Waals surface area contributed by atoms with Crippen LogP contribution in [0.4, 0.5) is 0 Å². The summed E-state index contributed by atoms with van der Waals surface area (Å²) in [6.07, 6.45) is 6.61. The number of nitrogens with zero attached hydrogens (tertiary/aromatic N) is 1. The molecule has 0 unspecified atom stereocenters. The Labute approximate surface area is 145 Å². The van der Waals surface area contributed by atoms with Gasteiger partial charge < -0.3 is 14.4 Å². The van der Waals surface area contributed by atoms with Gasteiger partial charge in [0.05, 0.1) is 10.9 Å². The molecule has 7 heteroatoms. The molecule has 24 heavy (non-hydrogen) atoms. The van der Waals surface area contributed by atoms with Gasteiger partial charge in [0.25, 0.3) is 0 Å². The quantitative estimate of drug-likeness (QED) is 0.798. The molecule has 0 aromatic rings. The van der Waals surface area contributed by atoms with Crippen molar-refractivity contribution in [3.8, 4) is 0 Å². The molecule has 3 heterocycles. The topological polar surface area (TPSA) is 67.9 Å². The largest absolute Gasteiger partial charge is 0.381 e. The highest BCUT2D eigenvalue weighted by Crippen LogP contribution is 2.36. The van der Waals surface area contributed by atoms with E-state index < -0.39 is 10.0 Å². The first-order valence-electron chi connectivity index (χ1n) is 9.50. The Balaban J connectivity index is 1.31. The molecule has 0 aromatic carbocycles. The van der Waals surface area contributed by atoms with Gasteiger partial charge in [0.15, 0.2) is 0 Å². The molecule has 4 rings (SSSR count). The number of hydrogen-bond donors (Lipinski definition) is 1. The van der Waals surface area contributed by atoms with Gasteiger partial charge in [0.2, 0.25) is 10.0 Å². The molecule has 0 radical (unpaired) electrons. The van der Waals surface area contributed by atoms with Gasteiger partial charge in [-0.15, -0.1) is 0 Å². The molecule has 4 aliphatic rings. The average Bonchev–Trinajstić information content (AvgIpc) is 3.34. The molecule has 0 bridgehead atoms. The molecule has 1 aliphatic carbocycles. The Kier molecular flexibility index (Phi) is 4.90. The third-order valence-electron chi connectivity index (χ3n) is 6.04. The molecule has 138 valence electrons. The van der Waals surface area contributed by atoms with Gasteiger partial charge in [0.1, 0.15) is 0 Å². The molecule has 3 saturated heterocycles. The summed E-state index contributed by atoms with van der Waals surface area (Å²) in [5.74, 6) is 0.738. The zero-order chi connectivity index (χ0) is 16.6. The molecule has 4 fully saturated rings. The van der Waals surface area contributed by atoms with Gasteiger partial charge in [-0.1, -0.05) is 0 Å². The van der Waals surface area contributed by atoms with Gasteiger partial charge >= 0.3 is 0 Å². The molecular weight excluding hydrogens is 328 g/mol. The Hall–Kier alpha value is -0.210. The summed E-state index contributed by atoms with van der Waals surface area (Å²) in [6, 6.07) is 0.0485. The van der Waals surface area contributed by atoms with Crippen LogP contribution in [0.1, 0.15) is 44.9 Å². The summed E-state index contributed by atoms with van der Waals surface area (Å²) in [5.41, 5.74) is -0.139. The van der Waals surface area contributed by atoms with Crippen molar-refractivity contribution in [2.75, 3.05) is 39.5 Å². The van der Waals surface area contributed by atoms with E-state index in [1.807, 2.05) is 0 Å². The SMILES string of the molecule is O=S(=O)(N[C@H]1CCO[C@]2(CCN(CC3CCOCC3)C2)C1)C1CC1. The van der Waals surface area contributed by atoms with Crippen LogP contribution >= 0.6 is 0 Å². The second kappa shape index (κ2) is 6.83. The van der Waals surface area contributed by atoms with Crippen LogP contribution in [-0.4, -0.2) is 69.7 Å². The van der Waals surface area contributed by atoms with E-state index in [2.05, 4.69) is 9.62 Å². The molecular formula is C17H30N2O4S. The van der Waals surface area contributed by atoms with Crippen molar-refractivity contribution < 1.29 is 17.9 Å². The van der Waals surface area contributed by atoms with Crippen LogP contribution in [0, 0.1) is 5.92 Å². The molecule has 6 nitrogen and oxygen atoms in total. The van der Waals surface area contributed by atoms with E-state index in [0.717, 1.165) is 83.7 Å². The summed E-state index contributed by atoms with van der Waals surface area (Å²) >= 11 is 0. The van der Waals surface area contributed by atoms with Gasteiger partial charge in [-0.3, -0.25) is 0 Å². The summed E-state index contributed by atoms with van der Waals surface area (Å²) in [5, 5.41) is -0.134. The minimum absolute atomic E-state index is 0.0485. The van der Waals surface area contributed by atoms with Crippen molar-refractivity contribution in [1.82, 2.24) is 9.62 Å². The first-order chi connectivity index (χ1) is 11.5. The van der Waals surface area contributed by atoms with Crippen LogP contribution in [0.3, 0.4) is 0 Å². The van der Waals surface area contributed by atoms with E-state index >= 15 is 0 Å². The fraction of sp³-hybridized carbons (Fsp3) is 1.00. The van der Waals surface area contributed by atoms with Crippen molar-refractivity contribution in [3.63, 3.8) is 0 Å². The first-order valence-corrected chi connectivity index (χ1v) is 11.0. The van der Waals surface area contributed by atoms with Crippen molar-refractivity contribution in [3.05, 3.63) is 0 Å². The predicted molar refractivity (Wildman–Crippen MR) is 91.4 cm³/mol. The van der Waals surface area contributed by atoms with Gasteiger partial charge in [-0.2, -0.15) is 0 Å². The summed E-state index contributed by atoms with van der Waals surface area (Å²) in [4.78, 5) is 2.52. The number of sulfonamides is 1. The van der Waals surface area contributed by atoms with E-state index in [-0.39, 0.29) is 16.9 Å². The lowest BCUT2D eigenvalue weighted by atomic mass is 9.90. The van der Waals surface area contributed by atoms with Crippen molar-refractivity contribution in [2.45, 2.75) is 61.8 Å². The van der Waals surface area contributed by atoms with Crippen molar-refractivity contribution in [1.29, 1.82) is 0 Å².